The van der Waals surface area contributed by atoms with Crippen molar-refractivity contribution >= 4 is 50.9 Å². The summed E-state index contributed by atoms with van der Waals surface area (Å²) in [6.07, 6.45) is 0. The Morgan fingerprint density at radius 1 is 0.878 bits per heavy atom. The van der Waals surface area contributed by atoms with Gasteiger partial charge in [-0.3, -0.25) is 9.59 Å². The molecule has 1 unspecified atom stereocenters. The number of anilines is 1. The number of methoxy groups -OCH3 is 3. The lowest BCUT2D eigenvalue weighted by atomic mass is 10.00. The standard InChI is InChI=1S/C31H28N4O5S/c1-17-24(29(37)34-21-12-8-9-13-23(21)39-3)25-20-15-14-19(38-2)16-22(20)35-30(40-4)26(25)31(33-17)41-27(28(32)36)18-10-6-5-7-11-18/h5-16,27H,1-4H3,(H2,32,36)(H,34,37). The molecule has 2 amide bonds. The molecule has 5 rings (SSSR count). The molecule has 0 aliphatic rings. The van der Waals surface area contributed by atoms with Crippen molar-refractivity contribution in [2.24, 2.45) is 5.73 Å². The van der Waals surface area contributed by atoms with Crippen molar-refractivity contribution in [2.45, 2.75) is 17.2 Å². The zero-order chi connectivity index (χ0) is 29.1. The summed E-state index contributed by atoms with van der Waals surface area (Å²) in [6, 6.07) is 21.8. The van der Waals surface area contributed by atoms with Crippen molar-refractivity contribution in [1.82, 2.24) is 9.97 Å². The number of hydrogen-bond donors (Lipinski definition) is 2. The van der Waals surface area contributed by atoms with E-state index in [4.69, 9.17) is 29.9 Å². The van der Waals surface area contributed by atoms with Crippen LogP contribution in [0.3, 0.4) is 0 Å². The summed E-state index contributed by atoms with van der Waals surface area (Å²) in [4.78, 5) is 36.2. The quantitative estimate of drug-likeness (QED) is 0.172. The first kappa shape index (κ1) is 27.7. The summed E-state index contributed by atoms with van der Waals surface area (Å²) in [5.41, 5.74) is 8.45. The average molecular weight is 569 g/mol. The third kappa shape index (κ3) is 5.33. The third-order valence-corrected chi connectivity index (χ3v) is 7.88. The van der Waals surface area contributed by atoms with Crippen molar-refractivity contribution in [3.05, 3.63) is 89.6 Å². The molecule has 10 heteroatoms. The van der Waals surface area contributed by atoms with E-state index in [9.17, 15) is 9.59 Å². The van der Waals surface area contributed by atoms with Crippen LogP contribution in [0, 0.1) is 6.92 Å². The molecule has 2 aromatic heterocycles. The molecule has 0 radical (unpaired) electrons. The first-order valence-corrected chi connectivity index (χ1v) is 13.6. The minimum absolute atomic E-state index is 0.248. The lowest BCUT2D eigenvalue weighted by Crippen LogP contribution is -2.20. The summed E-state index contributed by atoms with van der Waals surface area (Å²) in [5, 5.41) is 4.45. The Morgan fingerprint density at radius 3 is 2.29 bits per heavy atom. The van der Waals surface area contributed by atoms with Crippen molar-refractivity contribution in [3.63, 3.8) is 0 Å². The first-order chi connectivity index (χ1) is 19.9. The van der Waals surface area contributed by atoms with Crippen LogP contribution < -0.4 is 25.3 Å². The van der Waals surface area contributed by atoms with Gasteiger partial charge >= 0.3 is 0 Å². The predicted octanol–water partition coefficient (Wildman–Crippen LogP) is 5.69. The maximum atomic E-state index is 14.0. The zero-order valence-corrected chi connectivity index (χ0v) is 23.7. The fourth-order valence-electron chi connectivity index (χ4n) is 4.73. The second kappa shape index (κ2) is 11.7. The number of carbonyl (C=O) groups is 2. The van der Waals surface area contributed by atoms with E-state index in [1.807, 2.05) is 48.5 Å². The molecule has 0 aliphatic carbocycles. The molecule has 0 saturated carbocycles. The lowest BCUT2D eigenvalue weighted by molar-refractivity contribution is -0.117. The number of nitrogens with two attached hydrogens (primary N) is 1. The monoisotopic (exact) mass is 568 g/mol. The van der Waals surface area contributed by atoms with Gasteiger partial charge in [-0.25, -0.2) is 9.97 Å². The number of nitrogens with one attached hydrogen (secondary N) is 1. The topological polar surface area (TPSA) is 126 Å². The molecule has 3 N–H and O–H groups in total. The van der Waals surface area contributed by atoms with Gasteiger partial charge in [-0.15, -0.1) is 0 Å². The minimum atomic E-state index is -0.740. The number of para-hydroxylation sites is 2. The van der Waals surface area contributed by atoms with E-state index < -0.39 is 11.2 Å². The van der Waals surface area contributed by atoms with Crippen LogP contribution in [0.15, 0.2) is 77.8 Å². The molecule has 2 heterocycles. The molecule has 41 heavy (non-hydrogen) atoms. The molecule has 1 atom stereocenters. The maximum Gasteiger partial charge on any atom is 0.258 e. The third-order valence-electron chi connectivity index (χ3n) is 6.62. The van der Waals surface area contributed by atoms with Gasteiger partial charge < -0.3 is 25.3 Å². The number of aromatic nitrogens is 2. The Balaban J connectivity index is 1.79. The van der Waals surface area contributed by atoms with Gasteiger partial charge in [0.25, 0.3) is 5.91 Å². The van der Waals surface area contributed by atoms with Gasteiger partial charge in [-0.05, 0) is 36.8 Å². The molecular formula is C31H28N4O5S. The van der Waals surface area contributed by atoms with Crippen molar-refractivity contribution in [1.29, 1.82) is 0 Å². The van der Waals surface area contributed by atoms with Crippen molar-refractivity contribution < 1.29 is 23.8 Å². The summed E-state index contributed by atoms with van der Waals surface area (Å²) in [7, 11) is 4.61. The number of nitrogens with zero attached hydrogens (tertiary/aromatic N) is 2. The number of ether oxygens (including phenoxy) is 3. The van der Waals surface area contributed by atoms with Crippen LogP contribution in [0.25, 0.3) is 21.7 Å². The Kier molecular flexibility index (Phi) is 7.93. The van der Waals surface area contributed by atoms with Gasteiger partial charge in [0.2, 0.25) is 11.8 Å². The van der Waals surface area contributed by atoms with E-state index in [0.717, 1.165) is 5.56 Å². The number of pyridine rings is 2. The van der Waals surface area contributed by atoms with E-state index in [2.05, 4.69) is 5.32 Å². The molecular weight excluding hydrogens is 540 g/mol. The van der Waals surface area contributed by atoms with Crippen LogP contribution in [0.5, 0.6) is 17.4 Å². The van der Waals surface area contributed by atoms with Crippen LogP contribution in [-0.2, 0) is 4.79 Å². The molecule has 208 valence electrons. The lowest BCUT2D eigenvalue weighted by Gasteiger charge is -2.20. The smallest absolute Gasteiger partial charge is 0.258 e. The molecule has 0 saturated heterocycles. The number of primary amides is 1. The van der Waals surface area contributed by atoms with Crippen molar-refractivity contribution in [2.75, 3.05) is 26.6 Å². The van der Waals surface area contributed by atoms with Crippen LogP contribution in [0.1, 0.15) is 26.9 Å². The van der Waals surface area contributed by atoms with Gasteiger partial charge in [0.15, 0.2) is 0 Å². The molecule has 0 aliphatic heterocycles. The largest absolute Gasteiger partial charge is 0.497 e. The number of fused-ring (bicyclic) bond motifs is 3. The van der Waals surface area contributed by atoms with Gasteiger partial charge in [0, 0.05) is 16.8 Å². The molecule has 0 bridgehead atoms. The van der Waals surface area contributed by atoms with E-state index in [1.54, 1.807) is 45.4 Å². The van der Waals surface area contributed by atoms with Gasteiger partial charge in [-0.2, -0.15) is 0 Å². The minimum Gasteiger partial charge on any atom is -0.497 e. The second-order valence-corrected chi connectivity index (χ2v) is 10.2. The molecule has 3 aromatic carbocycles. The van der Waals surface area contributed by atoms with Gasteiger partial charge in [0.05, 0.1) is 49.2 Å². The van der Waals surface area contributed by atoms with Crippen molar-refractivity contribution in [3.8, 4) is 17.4 Å². The van der Waals surface area contributed by atoms with Crippen LogP contribution in [-0.4, -0.2) is 43.1 Å². The summed E-state index contributed by atoms with van der Waals surface area (Å²) >= 11 is 1.19. The van der Waals surface area contributed by atoms with Gasteiger partial charge in [-0.1, -0.05) is 54.2 Å². The highest BCUT2D eigenvalue weighted by molar-refractivity contribution is 8.00. The second-order valence-electron chi connectivity index (χ2n) is 9.10. The highest BCUT2D eigenvalue weighted by Crippen LogP contribution is 2.44. The number of amides is 2. The fraction of sp³-hybridized carbons (Fsp3) is 0.161. The van der Waals surface area contributed by atoms with Crippen LogP contribution in [0.4, 0.5) is 5.69 Å². The van der Waals surface area contributed by atoms with E-state index in [1.165, 1.54) is 18.9 Å². The predicted molar refractivity (Wildman–Crippen MR) is 160 cm³/mol. The molecule has 0 fully saturated rings. The molecule has 5 aromatic rings. The Labute approximate surface area is 241 Å². The maximum absolute atomic E-state index is 14.0. The van der Waals surface area contributed by atoms with Crippen LogP contribution >= 0.6 is 11.8 Å². The first-order valence-electron chi connectivity index (χ1n) is 12.7. The summed E-state index contributed by atoms with van der Waals surface area (Å²) in [5.74, 6) is 0.456. The zero-order valence-electron chi connectivity index (χ0n) is 22.9. The summed E-state index contributed by atoms with van der Waals surface area (Å²) < 4.78 is 16.6. The van der Waals surface area contributed by atoms with E-state index in [0.29, 0.717) is 55.1 Å². The number of thioether (sulfide) groups is 1. The van der Waals surface area contributed by atoms with E-state index in [-0.39, 0.29) is 11.8 Å². The number of aryl methyl sites for hydroxylation is 1. The molecule has 9 nitrogen and oxygen atoms in total. The fourth-order valence-corrected chi connectivity index (χ4v) is 5.86. The SMILES string of the molecule is COc1ccc2c(c1)nc(OC)c1c(SC(C(N)=O)c3ccccc3)nc(C)c(C(=O)Nc3ccccc3OC)c12. The summed E-state index contributed by atoms with van der Waals surface area (Å²) in [6.45, 7) is 1.75. The van der Waals surface area contributed by atoms with Crippen LogP contribution in [0.2, 0.25) is 0 Å². The average Bonchev–Trinajstić information content (AvgIpc) is 2.99. The number of benzene rings is 3. The number of rotatable bonds is 9. The highest BCUT2D eigenvalue weighted by atomic mass is 32.2. The molecule has 0 spiro atoms. The highest BCUT2D eigenvalue weighted by Gasteiger charge is 2.28. The van der Waals surface area contributed by atoms with Gasteiger partial charge in [0.1, 0.15) is 21.8 Å². The Hall–Kier alpha value is -4.83. The Bertz CT molecular complexity index is 1780. The number of hydrogen-bond acceptors (Lipinski definition) is 8. The number of carbonyl (C=O) groups excluding carboxylic acids is 2. The van der Waals surface area contributed by atoms with E-state index >= 15 is 0 Å². The Morgan fingerprint density at radius 2 is 1.61 bits per heavy atom. The normalized spacial score (nSPS) is 11.7.